The predicted octanol–water partition coefficient (Wildman–Crippen LogP) is 4.23. The van der Waals surface area contributed by atoms with Gasteiger partial charge in [0.1, 0.15) is 12.4 Å². The van der Waals surface area contributed by atoms with E-state index in [1.54, 1.807) is 24.3 Å². The molecule has 1 atom stereocenters. The fourth-order valence-electron chi connectivity index (χ4n) is 2.17. The van der Waals surface area contributed by atoms with Crippen molar-refractivity contribution in [1.29, 1.82) is 0 Å². The third kappa shape index (κ3) is 5.66. The van der Waals surface area contributed by atoms with E-state index in [-0.39, 0.29) is 12.4 Å². The summed E-state index contributed by atoms with van der Waals surface area (Å²) in [6.07, 6.45) is -0.703. The highest BCUT2D eigenvalue weighted by molar-refractivity contribution is 9.10. The van der Waals surface area contributed by atoms with Crippen molar-refractivity contribution >= 4 is 33.5 Å². The van der Waals surface area contributed by atoms with E-state index in [1.165, 1.54) is 18.7 Å². The van der Waals surface area contributed by atoms with Gasteiger partial charge in [-0.15, -0.1) is 10.2 Å². The fourth-order valence-corrected chi connectivity index (χ4v) is 3.10. The highest BCUT2D eigenvalue weighted by atomic mass is 79.9. The van der Waals surface area contributed by atoms with E-state index in [1.807, 2.05) is 24.3 Å². The summed E-state index contributed by atoms with van der Waals surface area (Å²) in [5, 5.41) is 18.5. The number of rotatable bonds is 8. The van der Waals surface area contributed by atoms with Crippen molar-refractivity contribution in [2.24, 2.45) is 0 Å². The summed E-state index contributed by atoms with van der Waals surface area (Å²) in [6.45, 7) is 1.64. The number of aliphatic hydroxyl groups excluding tert-OH is 1. The Balaban J connectivity index is 1.47. The number of carbonyl (C=O) groups excluding carboxylic acids is 1. The molecular formula is C19H17BrN2O4S. The second kappa shape index (κ2) is 9.16. The zero-order chi connectivity index (χ0) is 19.2. The van der Waals surface area contributed by atoms with E-state index in [2.05, 4.69) is 26.1 Å². The molecule has 0 fully saturated rings. The molecule has 0 amide bonds. The summed E-state index contributed by atoms with van der Waals surface area (Å²) < 4.78 is 12.1. The Labute approximate surface area is 169 Å². The van der Waals surface area contributed by atoms with Crippen molar-refractivity contribution in [3.63, 3.8) is 0 Å². The molecule has 0 bridgehead atoms. The molecule has 1 N–H and O–H groups in total. The molecule has 0 spiro atoms. The van der Waals surface area contributed by atoms with Crippen LogP contribution in [0.25, 0.3) is 11.5 Å². The number of halogens is 1. The maximum Gasteiger partial charge on any atom is 0.276 e. The maximum atomic E-state index is 11.2. The van der Waals surface area contributed by atoms with Gasteiger partial charge in [-0.25, -0.2) is 0 Å². The molecule has 0 aliphatic rings. The molecule has 1 unspecified atom stereocenters. The lowest BCUT2D eigenvalue weighted by Gasteiger charge is -2.11. The van der Waals surface area contributed by atoms with Crippen LogP contribution >= 0.6 is 27.7 Å². The lowest BCUT2D eigenvalue weighted by molar-refractivity contribution is 0.101. The van der Waals surface area contributed by atoms with Crippen LogP contribution in [0.1, 0.15) is 17.3 Å². The first-order chi connectivity index (χ1) is 13.0. The Kier molecular flexibility index (Phi) is 6.65. The molecule has 0 radical (unpaired) electrons. The number of ether oxygens (including phenoxy) is 1. The lowest BCUT2D eigenvalue weighted by Crippen LogP contribution is -2.20. The first-order valence-electron chi connectivity index (χ1n) is 8.15. The van der Waals surface area contributed by atoms with Gasteiger partial charge in [0.2, 0.25) is 5.89 Å². The zero-order valence-corrected chi connectivity index (χ0v) is 16.9. The number of thioether (sulfide) groups is 1. The first-order valence-corrected chi connectivity index (χ1v) is 9.93. The average Bonchev–Trinajstić information content (AvgIpc) is 3.14. The smallest absolute Gasteiger partial charge is 0.276 e. The van der Waals surface area contributed by atoms with Gasteiger partial charge in [0.15, 0.2) is 5.78 Å². The number of carbonyl (C=O) groups is 1. The number of aromatic nitrogens is 2. The molecule has 0 saturated heterocycles. The molecule has 8 heteroatoms. The minimum absolute atomic E-state index is 0.0000450. The number of Topliss-reactive ketones (excluding diaryl/α,β-unsaturated/α-hetero) is 1. The van der Waals surface area contributed by atoms with Gasteiger partial charge in [0.05, 0.1) is 6.10 Å². The Bertz CT molecular complexity index is 897. The number of ketones is 1. The molecule has 27 heavy (non-hydrogen) atoms. The number of aliphatic hydroxyl groups is 1. The van der Waals surface area contributed by atoms with Crippen LogP contribution in [-0.4, -0.2) is 39.6 Å². The second-order valence-electron chi connectivity index (χ2n) is 5.74. The van der Waals surface area contributed by atoms with E-state index < -0.39 is 6.10 Å². The quantitative estimate of drug-likeness (QED) is 0.407. The van der Waals surface area contributed by atoms with Crippen molar-refractivity contribution in [3.05, 3.63) is 58.6 Å². The van der Waals surface area contributed by atoms with Gasteiger partial charge in [0, 0.05) is 21.4 Å². The van der Waals surface area contributed by atoms with Crippen molar-refractivity contribution in [2.45, 2.75) is 18.3 Å². The van der Waals surface area contributed by atoms with Crippen LogP contribution in [0, 0.1) is 0 Å². The van der Waals surface area contributed by atoms with Crippen molar-refractivity contribution in [3.8, 4) is 17.2 Å². The van der Waals surface area contributed by atoms with Gasteiger partial charge in [-0.3, -0.25) is 4.79 Å². The van der Waals surface area contributed by atoms with Crippen LogP contribution in [0.4, 0.5) is 0 Å². The summed E-state index contributed by atoms with van der Waals surface area (Å²) in [7, 11) is 0. The molecule has 2 aromatic carbocycles. The standard InChI is InChI=1S/C19H17BrN2O4S/c1-12(23)13-4-8-17(9-5-13)25-10-16(24)11-27-19-22-21-18(26-19)14-2-6-15(20)7-3-14/h2-9,16,24H,10-11H2,1H3. The Morgan fingerprint density at radius 2 is 1.89 bits per heavy atom. The van der Waals surface area contributed by atoms with Crippen LogP contribution in [0.5, 0.6) is 5.75 Å². The lowest BCUT2D eigenvalue weighted by atomic mass is 10.1. The topological polar surface area (TPSA) is 85.5 Å². The molecule has 140 valence electrons. The van der Waals surface area contributed by atoms with Gasteiger partial charge in [-0.1, -0.05) is 27.7 Å². The molecular weight excluding hydrogens is 432 g/mol. The van der Waals surface area contributed by atoms with Gasteiger partial charge >= 0.3 is 0 Å². The normalized spacial score (nSPS) is 12.0. The van der Waals surface area contributed by atoms with Gasteiger partial charge in [-0.05, 0) is 55.5 Å². The maximum absolute atomic E-state index is 11.2. The summed E-state index contributed by atoms with van der Waals surface area (Å²) >= 11 is 4.64. The van der Waals surface area contributed by atoms with Crippen LogP contribution in [-0.2, 0) is 0 Å². The van der Waals surface area contributed by atoms with E-state index in [0.717, 1.165) is 10.0 Å². The molecule has 0 saturated carbocycles. The number of hydrogen-bond acceptors (Lipinski definition) is 7. The molecule has 1 aromatic heterocycles. The molecule has 6 nitrogen and oxygen atoms in total. The average molecular weight is 449 g/mol. The van der Waals surface area contributed by atoms with Crippen molar-refractivity contribution < 1.29 is 19.1 Å². The molecule has 0 aliphatic heterocycles. The van der Waals surface area contributed by atoms with Crippen LogP contribution in [0.3, 0.4) is 0 Å². The minimum atomic E-state index is -0.703. The molecule has 3 aromatic rings. The first kappa shape index (κ1) is 19.6. The summed E-state index contributed by atoms with van der Waals surface area (Å²) in [5.74, 6) is 1.38. The third-order valence-electron chi connectivity index (χ3n) is 3.60. The summed E-state index contributed by atoms with van der Waals surface area (Å²) in [6, 6.07) is 14.4. The minimum Gasteiger partial charge on any atom is -0.491 e. The van der Waals surface area contributed by atoms with Crippen LogP contribution in [0.2, 0.25) is 0 Å². The number of hydrogen-bond donors (Lipinski definition) is 1. The third-order valence-corrected chi connectivity index (χ3v) is 5.09. The summed E-state index contributed by atoms with van der Waals surface area (Å²) in [5.41, 5.74) is 1.45. The fraction of sp³-hybridized carbons (Fsp3) is 0.211. The van der Waals surface area contributed by atoms with Crippen molar-refractivity contribution in [1.82, 2.24) is 10.2 Å². The Morgan fingerprint density at radius 1 is 1.19 bits per heavy atom. The second-order valence-corrected chi connectivity index (χ2v) is 7.62. The van der Waals surface area contributed by atoms with Gasteiger partial charge in [-0.2, -0.15) is 0 Å². The summed E-state index contributed by atoms with van der Waals surface area (Å²) in [4.78, 5) is 11.2. The predicted molar refractivity (Wildman–Crippen MR) is 106 cm³/mol. The zero-order valence-electron chi connectivity index (χ0n) is 14.5. The molecule has 0 aliphatic carbocycles. The molecule has 3 rings (SSSR count). The van der Waals surface area contributed by atoms with Crippen LogP contribution < -0.4 is 4.74 Å². The largest absolute Gasteiger partial charge is 0.491 e. The van der Waals surface area contributed by atoms with E-state index in [0.29, 0.717) is 28.2 Å². The van der Waals surface area contributed by atoms with E-state index >= 15 is 0 Å². The Morgan fingerprint density at radius 3 is 2.56 bits per heavy atom. The highest BCUT2D eigenvalue weighted by Crippen LogP contribution is 2.25. The Hall–Kier alpha value is -2.16. The van der Waals surface area contributed by atoms with Gasteiger partial charge < -0.3 is 14.3 Å². The van der Waals surface area contributed by atoms with Crippen molar-refractivity contribution in [2.75, 3.05) is 12.4 Å². The monoisotopic (exact) mass is 448 g/mol. The van der Waals surface area contributed by atoms with E-state index in [9.17, 15) is 9.90 Å². The number of benzene rings is 2. The van der Waals surface area contributed by atoms with E-state index in [4.69, 9.17) is 9.15 Å². The molecule has 1 heterocycles. The SMILES string of the molecule is CC(=O)c1ccc(OCC(O)CSc2nnc(-c3ccc(Br)cc3)o2)cc1. The van der Waals surface area contributed by atoms with Gasteiger partial charge in [0.25, 0.3) is 5.22 Å². The number of nitrogens with zero attached hydrogens (tertiary/aromatic N) is 2. The van der Waals surface area contributed by atoms with Crippen LogP contribution in [0.15, 0.2) is 62.6 Å². The highest BCUT2D eigenvalue weighted by Gasteiger charge is 2.12.